The van der Waals surface area contributed by atoms with Crippen molar-refractivity contribution in [3.05, 3.63) is 42.5 Å². The third-order valence-electron chi connectivity index (χ3n) is 2.82. The van der Waals surface area contributed by atoms with Crippen LogP contribution in [0.1, 0.15) is 6.42 Å². The van der Waals surface area contributed by atoms with Gasteiger partial charge in [0.15, 0.2) is 0 Å². The number of hydrogen-bond acceptors (Lipinski definition) is 2. The highest BCUT2D eigenvalue weighted by Gasteiger charge is 2.24. The first-order chi connectivity index (χ1) is 8.29. The number of nitrogens with one attached hydrogen (secondary N) is 1. The van der Waals surface area contributed by atoms with Crippen molar-refractivity contribution in [2.45, 2.75) is 12.5 Å². The molecule has 0 bridgehead atoms. The summed E-state index contributed by atoms with van der Waals surface area (Å²) in [5, 5.41) is 12.6. The molecule has 0 radical (unpaired) electrons. The molecule has 0 spiro atoms. The number of rotatable bonds is 2. The number of nitrogens with zero attached hydrogens (tertiary/aromatic N) is 1. The molecule has 1 aliphatic heterocycles. The van der Waals surface area contributed by atoms with Crippen molar-refractivity contribution in [2.24, 2.45) is 0 Å². The van der Waals surface area contributed by atoms with Crippen LogP contribution in [0.3, 0.4) is 0 Å². The Hall–Kier alpha value is -1.81. The normalized spacial score (nSPS) is 19.6. The second kappa shape index (κ2) is 5.50. The third-order valence-corrected chi connectivity index (χ3v) is 2.82. The monoisotopic (exact) mass is 232 g/mol. The first kappa shape index (κ1) is 11.7. The van der Waals surface area contributed by atoms with E-state index in [1.165, 1.54) is 4.90 Å². The van der Waals surface area contributed by atoms with Crippen molar-refractivity contribution in [1.29, 1.82) is 0 Å². The Bertz CT molecular complexity index is 403. The van der Waals surface area contributed by atoms with E-state index in [1.54, 1.807) is 0 Å². The minimum atomic E-state index is -0.904. The summed E-state index contributed by atoms with van der Waals surface area (Å²) in [6.07, 6.45) is 3.90. The van der Waals surface area contributed by atoms with E-state index in [0.717, 1.165) is 18.7 Å². The molecule has 0 fully saturated rings. The van der Waals surface area contributed by atoms with Crippen LogP contribution in [0.2, 0.25) is 0 Å². The lowest BCUT2D eigenvalue weighted by atomic mass is 10.1. The van der Waals surface area contributed by atoms with Gasteiger partial charge < -0.3 is 10.4 Å². The van der Waals surface area contributed by atoms with Crippen LogP contribution in [0, 0.1) is 0 Å². The van der Waals surface area contributed by atoms with E-state index in [2.05, 4.69) is 5.32 Å². The van der Waals surface area contributed by atoms with Gasteiger partial charge in [-0.25, -0.2) is 4.79 Å². The van der Waals surface area contributed by atoms with Crippen molar-refractivity contribution >= 4 is 11.8 Å². The van der Waals surface area contributed by atoms with Gasteiger partial charge >= 0.3 is 6.09 Å². The van der Waals surface area contributed by atoms with Crippen LogP contribution in [-0.4, -0.2) is 30.3 Å². The molecule has 0 saturated carbocycles. The van der Waals surface area contributed by atoms with Crippen LogP contribution in [0.4, 0.5) is 10.5 Å². The molecule has 1 aliphatic rings. The summed E-state index contributed by atoms with van der Waals surface area (Å²) < 4.78 is 0. The van der Waals surface area contributed by atoms with Gasteiger partial charge in [0.1, 0.15) is 0 Å². The lowest BCUT2D eigenvalue weighted by molar-refractivity contribution is 0.199. The van der Waals surface area contributed by atoms with Gasteiger partial charge in [-0.05, 0) is 18.6 Å². The Morgan fingerprint density at radius 2 is 2.06 bits per heavy atom. The van der Waals surface area contributed by atoms with Crippen molar-refractivity contribution in [3.8, 4) is 0 Å². The van der Waals surface area contributed by atoms with Crippen molar-refractivity contribution < 1.29 is 9.90 Å². The highest BCUT2D eigenvalue weighted by atomic mass is 16.4. The number of hydrogen-bond donors (Lipinski definition) is 2. The van der Waals surface area contributed by atoms with Crippen LogP contribution in [0.5, 0.6) is 0 Å². The summed E-state index contributed by atoms with van der Waals surface area (Å²) in [6, 6.07) is 9.19. The van der Waals surface area contributed by atoms with Crippen LogP contribution >= 0.6 is 0 Å². The molecule has 4 nitrogen and oxygen atoms in total. The quantitative estimate of drug-likeness (QED) is 0.768. The highest BCUT2D eigenvalue weighted by molar-refractivity contribution is 5.86. The van der Waals surface area contributed by atoms with Crippen molar-refractivity contribution in [2.75, 3.05) is 18.0 Å². The smallest absolute Gasteiger partial charge is 0.412 e. The van der Waals surface area contributed by atoms with Gasteiger partial charge in [-0.15, -0.1) is 0 Å². The van der Waals surface area contributed by atoms with Gasteiger partial charge in [0, 0.05) is 18.8 Å². The molecule has 1 aromatic rings. The Morgan fingerprint density at radius 1 is 1.29 bits per heavy atom. The van der Waals surface area contributed by atoms with Gasteiger partial charge in [-0.1, -0.05) is 30.4 Å². The third kappa shape index (κ3) is 2.85. The Kier molecular flexibility index (Phi) is 3.77. The molecule has 1 amide bonds. The minimum Gasteiger partial charge on any atom is -0.465 e. The van der Waals surface area contributed by atoms with Gasteiger partial charge in [0.25, 0.3) is 0 Å². The molecule has 17 heavy (non-hydrogen) atoms. The molecule has 1 unspecified atom stereocenters. The maximum Gasteiger partial charge on any atom is 0.412 e. The van der Waals surface area contributed by atoms with Crippen molar-refractivity contribution in [3.63, 3.8) is 0 Å². The standard InChI is InChI=1S/C13H16N2O2/c16-13(17)15(11-6-2-1-3-7-11)12-8-4-5-9-14-10-12/h1-7,12,14H,8-10H2,(H,16,17). The fourth-order valence-electron chi connectivity index (χ4n) is 2.02. The fourth-order valence-corrected chi connectivity index (χ4v) is 2.02. The van der Waals surface area contributed by atoms with Crippen LogP contribution in [0.15, 0.2) is 42.5 Å². The first-order valence-corrected chi connectivity index (χ1v) is 5.72. The molecule has 90 valence electrons. The number of amides is 1. The zero-order valence-corrected chi connectivity index (χ0v) is 9.54. The molecule has 0 aromatic heterocycles. The molecule has 2 N–H and O–H groups in total. The Balaban J connectivity index is 2.23. The maximum absolute atomic E-state index is 11.4. The molecular weight excluding hydrogens is 216 g/mol. The van der Waals surface area contributed by atoms with Gasteiger partial charge in [0.2, 0.25) is 0 Å². The maximum atomic E-state index is 11.4. The lowest BCUT2D eigenvalue weighted by Crippen LogP contribution is -2.44. The number of anilines is 1. The molecule has 0 saturated heterocycles. The number of benzene rings is 1. The van der Waals surface area contributed by atoms with Gasteiger partial charge in [-0.2, -0.15) is 0 Å². The van der Waals surface area contributed by atoms with Gasteiger partial charge in [0.05, 0.1) is 6.04 Å². The van der Waals surface area contributed by atoms with Crippen molar-refractivity contribution in [1.82, 2.24) is 5.32 Å². The number of carbonyl (C=O) groups is 1. The van der Waals surface area contributed by atoms with Crippen LogP contribution < -0.4 is 10.2 Å². The predicted octanol–water partition coefficient (Wildman–Crippen LogP) is 2.09. The highest BCUT2D eigenvalue weighted by Crippen LogP contribution is 2.19. The predicted molar refractivity (Wildman–Crippen MR) is 67.4 cm³/mol. The number of para-hydroxylation sites is 1. The fraction of sp³-hybridized carbons (Fsp3) is 0.308. The molecule has 2 rings (SSSR count). The average molecular weight is 232 g/mol. The minimum absolute atomic E-state index is 0.0475. The summed E-state index contributed by atoms with van der Waals surface area (Å²) >= 11 is 0. The van der Waals surface area contributed by atoms with E-state index < -0.39 is 6.09 Å². The molecule has 4 heteroatoms. The summed E-state index contributed by atoms with van der Waals surface area (Å²) in [5.41, 5.74) is 0.724. The lowest BCUT2D eigenvalue weighted by Gasteiger charge is -2.28. The van der Waals surface area contributed by atoms with E-state index in [0.29, 0.717) is 6.54 Å². The molecule has 1 atom stereocenters. The topological polar surface area (TPSA) is 52.6 Å². The van der Waals surface area contributed by atoms with E-state index >= 15 is 0 Å². The zero-order chi connectivity index (χ0) is 12.1. The summed E-state index contributed by atoms with van der Waals surface area (Å²) in [6.45, 7) is 1.48. The molecule has 1 aromatic carbocycles. The SMILES string of the molecule is O=C(O)N(c1ccccc1)C1CC=CCNC1. The molecular formula is C13H16N2O2. The second-order valence-electron chi connectivity index (χ2n) is 4.01. The average Bonchev–Trinajstić information content (AvgIpc) is 2.59. The van der Waals surface area contributed by atoms with Gasteiger partial charge in [-0.3, -0.25) is 4.90 Å². The Labute approximate surface area is 101 Å². The summed E-state index contributed by atoms with van der Waals surface area (Å²) in [5.74, 6) is 0. The van der Waals surface area contributed by atoms with Crippen LogP contribution in [-0.2, 0) is 0 Å². The van der Waals surface area contributed by atoms with E-state index in [1.807, 2.05) is 42.5 Å². The number of carboxylic acid groups (broad SMARTS) is 1. The molecule has 0 aliphatic carbocycles. The van der Waals surface area contributed by atoms with Crippen LogP contribution in [0.25, 0.3) is 0 Å². The van der Waals surface area contributed by atoms with E-state index in [9.17, 15) is 9.90 Å². The molecule has 1 heterocycles. The van der Waals surface area contributed by atoms with E-state index in [-0.39, 0.29) is 6.04 Å². The summed E-state index contributed by atoms with van der Waals surface area (Å²) in [7, 11) is 0. The second-order valence-corrected chi connectivity index (χ2v) is 4.01. The Morgan fingerprint density at radius 3 is 2.76 bits per heavy atom. The van der Waals surface area contributed by atoms with E-state index in [4.69, 9.17) is 0 Å². The summed E-state index contributed by atoms with van der Waals surface area (Å²) in [4.78, 5) is 12.8. The largest absolute Gasteiger partial charge is 0.465 e. The zero-order valence-electron chi connectivity index (χ0n) is 9.54. The first-order valence-electron chi connectivity index (χ1n) is 5.72.